The predicted octanol–water partition coefficient (Wildman–Crippen LogP) is 3.26. The fourth-order valence-corrected chi connectivity index (χ4v) is 3.63. The molecule has 0 saturated heterocycles. The smallest absolute Gasteiger partial charge is 0.190 e. The van der Waals surface area contributed by atoms with Gasteiger partial charge in [0.15, 0.2) is 5.13 Å². The number of ether oxygens (including phenoxy) is 1. The Morgan fingerprint density at radius 1 is 1.35 bits per heavy atom. The van der Waals surface area contributed by atoms with Gasteiger partial charge in [0.25, 0.3) is 0 Å². The number of benzene rings is 1. The quantitative estimate of drug-likeness (QED) is 0.942. The normalized spacial score (nSPS) is 17.6. The number of anilines is 2. The van der Waals surface area contributed by atoms with Gasteiger partial charge in [-0.05, 0) is 43.5 Å². The molecule has 1 aliphatic rings. The first kappa shape index (κ1) is 13.4. The fourth-order valence-electron chi connectivity index (χ4n) is 2.50. The summed E-state index contributed by atoms with van der Waals surface area (Å²) >= 11 is 1.71. The Morgan fingerprint density at radius 3 is 2.75 bits per heavy atom. The molecule has 0 bridgehead atoms. The van der Waals surface area contributed by atoms with Crippen LogP contribution in [0.25, 0.3) is 0 Å². The third-order valence-electron chi connectivity index (χ3n) is 3.73. The zero-order chi connectivity index (χ0) is 14.1. The molecule has 0 aliphatic heterocycles. The summed E-state index contributed by atoms with van der Waals surface area (Å²) in [6.07, 6.45) is 3.26. The van der Waals surface area contributed by atoms with Crippen LogP contribution < -0.4 is 15.4 Å². The number of thiazole rings is 1. The molecule has 2 aromatic rings. The highest BCUT2D eigenvalue weighted by atomic mass is 32.1. The van der Waals surface area contributed by atoms with E-state index in [4.69, 9.17) is 15.5 Å². The van der Waals surface area contributed by atoms with Gasteiger partial charge in [-0.25, -0.2) is 4.98 Å². The molecule has 5 heteroatoms. The molecule has 0 fully saturated rings. The Kier molecular flexibility index (Phi) is 3.63. The van der Waals surface area contributed by atoms with Crippen LogP contribution in [0.4, 0.5) is 10.8 Å². The molecule has 1 aromatic carbocycles. The monoisotopic (exact) mass is 289 g/mol. The second-order valence-electron chi connectivity index (χ2n) is 5.06. The summed E-state index contributed by atoms with van der Waals surface area (Å²) in [6, 6.07) is 8.17. The van der Waals surface area contributed by atoms with E-state index in [9.17, 15) is 0 Å². The van der Waals surface area contributed by atoms with Crippen molar-refractivity contribution >= 4 is 22.2 Å². The Labute approximate surface area is 123 Å². The lowest BCUT2D eigenvalue weighted by Crippen LogP contribution is -2.15. The maximum absolute atomic E-state index is 6.17. The van der Waals surface area contributed by atoms with Gasteiger partial charge in [0.05, 0.1) is 12.8 Å². The largest absolute Gasteiger partial charge is 0.497 e. The third kappa shape index (κ3) is 2.39. The highest BCUT2D eigenvalue weighted by Crippen LogP contribution is 2.38. The number of nitrogens with two attached hydrogens (primary N) is 1. The van der Waals surface area contributed by atoms with Gasteiger partial charge in [-0.2, -0.15) is 0 Å². The van der Waals surface area contributed by atoms with Crippen molar-refractivity contribution in [2.45, 2.75) is 25.3 Å². The number of rotatable bonds is 3. The molecule has 3 rings (SSSR count). The van der Waals surface area contributed by atoms with Gasteiger partial charge in [0, 0.05) is 23.7 Å². The number of fused-ring (bicyclic) bond motifs is 1. The van der Waals surface area contributed by atoms with Crippen LogP contribution in [-0.2, 0) is 6.42 Å². The molecular weight excluding hydrogens is 270 g/mol. The molecule has 0 radical (unpaired) electrons. The van der Waals surface area contributed by atoms with E-state index in [0.717, 1.165) is 35.8 Å². The van der Waals surface area contributed by atoms with Crippen LogP contribution in [0.5, 0.6) is 5.75 Å². The maximum Gasteiger partial charge on any atom is 0.190 e. The molecule has 0 saturated carbocycles. The molecule has 0 spiro atoms. The first-order valence-corrected chi connectivity index (χ1v) is 7.63. The van der Waals surface area contributed by atoms with E-state index in [-0.39, 0.29) is 6.04 Å². The highest BCUT2D eigenvalue weighted by molar-refractivity contribution is 7.15. The summed E-state index contributed by atoms with van der Waals surface area (Å²) in [7, 11) is 3.71. The number of hydrogen-bond acceptors (Lipinski definition) is 5. The van der Waals surface area contributed by atoms with Gasteiger partial charge in [-0.1, -0.05) is 11.3 Å². The Balaban J connectivity index is 1.88. The first-order valence-electron chi connectivity index (χ1n) is 6.82. The number of aryl methyl sites for hydroxylation is 1. The zero-order valence-electron chi connectivity index (χ0n) is 11.8. The lowest BCUT2D eigenvalue weighted by atomic mass is 9.99. The number of aromatic nitrogens is 1. The minimum Gasteiger partial charge on any atom is -0.497 e. The minimum absolute atomic E-state index is 0.161. The van der Waals surface area contributed by atoms with Crippen molar-refractivity contribution in [3.05, 3.63) is 34.8 Å². The van der Waals surface area contributed by atoms with Crippen molar-refractivity contribution in [3.63, 3.8) is 0 Å². The van der Waals surface area contributed by atoms with Gasteiger partial charge in [0.2, 0.25) is 0 Å². The van der Waals surface area contributed by atoms with Gasteiger partial charge >= 0.3 is 0 Å². The van der Waals surface area contributed by atoms with Gasteiger partial charge < -0.3 is 15.4 Å². The molecule has 1 unspecified atom stereocenters. The second-order valence-corrected chi connectivity index (χ2v) is 6.07. The molecule has 1 aliphatic carbocycles. The van der Waals surface area contributed by atoms with E-state index in [1.807, 2.05) is 31.3 Å². The van der Waals surface area contributed by atoms with Gasteiger partial charge in [0.1, 0.15) is 5.75 Å². The van der Waals surface area contributed by atoms with E-state index >= 15 is 0 Å². The predicted molar refractivity (Wildman–Crippen MR) is 83.0 cm³/mol. The molecule has 20 heavy (non-hydrogen) atoms. The van der Waals surface area contributed by atoms with E-state index in [1.165, 1.54) is 10.6 Å². The highest BCUT2D eigenvalue weighted by Gasteiger charge is 2.23. The van der Waals surface area contributed by atoms with Crippen molar-refractivity contribution in [2.24, 2.45) is 5.73 Å². The maximum atomic E-state index is 6.17. The number of hydrogen-bond donors (Lipinski definition) is 1. The van der Waals surface area contributed by atoms with Crippen LogP contribution in [0.15, 0.2) is 24.3 Å². The van der Waals surface area contributed by atoms with Crippen molar-refractivity contribution in [3.8, 4) is 5.75 Å². The van der Waals surface area contributed by atoms with Crippen LogP contribution in [0.1, 0.15) is 29.5 Å². The molecule has 4 nitrogen and oxygen atoms in total. The van der Waals surface area contributed by atoms with Crippen LogP contribution >= 0.6 is 11.3 Å². The summed E-state index contributed by atoms with van der Waals surface area (Å²) in [6.45, 7) is 0. The standard InChI is InChI=1S/C15H19N3OS/c1-18(10-6-8-11(19-2)9-7-10)15-17-13-5-3-4-12(16)14(13)20-15/h6-9,12H,3-5,16H2,1-2H3. The molecule has 106 valence electrons. The molecule has 0 amide bonds. The SMILES string of the molecule is COc1ccc(N(C)c2nc3c(s2)C(N)CCC3)cc1. The molecule has 1 aromatic heterocycles. The number of nitrogens with zero attached hydrogens (tertiary/aromatic N) is 2. The average Bonchev–Trinajstić information content (AvgIpc) is 2.92. The lowest BCUT2D eigenvalue weighted by molar-refractivity contribution is 0.415. The fraction of sp³-hybridized carbons (Fsp3) is 0.400. The third-order valence-corrected chi connectivity index (χ3v) is 5.03. The molecular formula is C15H19N3OS. The molecule has 1 atom stereocenters. The summed E-state index contributed by atoms with van der Waals surface area (Å²) in [5.74, 6) is 0.864. The topological polar surface area (TPSA) is 51.4 Å². The van der Waals surface area contributed by atoms with E-state index in [2.05, 4.69) is 4.90 Å². The molecule has 1 heterocycles. The summed E-state index contributed by atoms with van der Waals surface area (Å²) < 4.78 is 5.19. The first-order chi connectivity index (χ1) is 9.69. The zero-order valence-corrected chi connectivity index (χ0v) is 12.6. The van der Waals surface area contributed by atoms with Crippen LogP contribution in [0.3, 0.4) is 0 Å². The van der Waals surface area contributed by atoms with E-state index in [0.29, 0.717) is 0 Å². The summed E-state index contributed by atoms with van der Waals surface area (Å²) in [5.41, 5.74) is 8.46. The van der Waals surface area contributed by atoms with Gasteiger partial charge in [-0.3, -0.25) is 0 Å². The van der Waals surface area contributed by atoms with Crippen molar-refractivity contribution < 1.29 is 4.74 Å². The lowest BCUT2D eigenvalue weighted by Gasteiger charge is -2.16. The molecule has 2 N–H and O–H groups in total. The van der Waals surface area contributed by atoms with E-state index < -0.39 is 0 Å². The second kappa shape index (κ2) is 5.42. The Bertz CT molecular complexity index is 594. The Hall–Kier alpha value is -1.59. The van der Waals surface area contributed by atoms with Crippen LogP contribution in [0, 0.1) is 0 Å². The van der Waals surface area contributed by atoms with Crippen LogP contribution in [-0.4, -0.2) is 19.1 Å². The summed E-state index contributed by atoms with van der Waals surface area (Å²) in [5, 5.41) is 1.01. The van der Waals surface area contributed by atoms with Crippen molar-refractivity contribution in [2.75, 3.05) is 19.1 Å². The minimum atomic E-state index is 0.161. The average molecular weight is 289 g/mol. The summed E-state index contributed by atoms with van der Waals surface area (Å²) in [4.78, 5) is 8.12. The van der Waals surface area contributed by atoms with Crippen molar-refractivity contribution in [1.29, 1.82) is 0 Å². The number of methoxy groups -OCH3 is 1. The van der Waals surface area contributed by atoms with Gasteiger partial charge in [-0.15, -0.1) is 0 Å². The van der Waals surface area contributed by atoms with Crippen LogP contribution in [0.2, 0.25) is 0 Å². The Morgan fingerprint density at radius 2 is 2.10 bits per heavy atom. The van der Waals surface area contributed by atoms with E-state index in [1.54, 1.807) is 18.4 Å². The van der Waals surface area contributed by atoms with Crippen molar-refractivity contribution in [1.82, 2.24) is 4.98 Å².